The lowest BCUT2D eigenvalue weighted by Gasteiger charge is -2.27. The molecule has 1 aromatic rings. The molecule has 1 aliphatic carbocycles. The molecule has 2 unspecified atom stereocenters. The van der Waals surface area contributed by atoms with Gasteiger partial charge in [0, 0.05) is 0 Å². The highest BCUT2D eigenvalue weighted by molar-refractivity contribution is 5.85. The fraction of sp³-hybridized carbons (Fsp3) is 0.500. The molecule has 0 aromatic heterocycles. The minimum absolute atomic E-state index is 0.0109. The summed E-state index contributed by atoms with van der Waals surface area (Å²) in [6.07, 6.45) is 2.98. The second kappa shape index (κ2) is 5.57. The van der Waals surface area contributed by atoms with Crippen LogP contribution in [0.15, 0.2) is 24.3 Å². The van der Waals surface area contributed by atoms with Crippen molar-refractivity contribution in [2.75, 3.05) is 6.61 Å². The van der Waals surface area contributed by atoms with Crippen LogP contribution in [0.25, 0.3) is 0 Å². The van der Waals surface area contributed by atoms with E-state index in [0.717, 1.165) is 12.8 Å². The number of hydrogen-bond donors (Lipinski definition) is 2. The molecule has 0 saturated heterocycles. The van der Waals surface area contributed by atoms with Gasteiger partial charge in [-0.2, -0.15) is 0 Å². The third kappa shape index (κ3) is 2.87. The number of benzene rings is 1. The van der Waals surface area contributed by atoms with Crippen LogP contribution in [0.4, 0.5) is 4.39 Å². The highest BCUT2D eigenvalue weighted by Crippen LogP contribution is 2.35. The van der Waals surface area contributed by atoms with Crippen molar-refractivity contribution in [3.63, 3.8) is 0 Å². The number of nitrogens with two attached hydrogens (primary N) is 2. The second-order valence-corrected chi connectivity index (χ2v) is 5.06. The van der Waals surface area contributed by atoms with E-state index < -0.39 is 11.4 Å². The van der Waals surface area contributed by atoms with Crippen molar-refractivity contribution in [3.05, 3.63) is 30.1 Å². The summed E-state index contributed by atoms with van der Waals surface area (Å²) in [6.45, 7) is 0.331. The number of amides is 1. The zero-order chi connectivity index (χ0) is 13.9. The number of rotatable bonds is 5. The topological polar surface area (TPSA) is 78.3 Å². The summed E-state index contributed by atoms with van der Waals surface area (Å²) in [5, 5.41) is 0. The van der Waals surface area contributed by atoms with Crippen LogP contribution in [0.3, 0.4) is 0 Å². The van der Waals surface area contributed by atoms with E-state index in [1.54, 1.807) is 18.2 Å². The molecule has 2 rings (SSSR count). The van der Waals surface area contributed by atoms with Crippen molar-refractivity contribution in [3.8, 4) is 5.75 Å². The van der Waals surface area contributed by atoms with Crippen molar-refractivity contribution in [1.29, 1.82) is 0 Å². The maximum absolute atomic E-state index is 13.3. The lowest BCUT2D eigenvalue weighted by atomic mass is 9.85. The molecule has 1 amide bonds. The number of hydrogen-bond acceptors (Lipinski definition) is 3. The van der Waals surface area contributed by atoms with Gasteiger partial charge in [-0.1, -0.05) is 18.6 Å². The van der Waals surface area contributed by atoms with E-state index >= 15 is 0 Å². The normalized spacial score (nSPS) is 26.3. The Labute approximate surface area is 111 Å². The summed E-state index contributed by atoms with van der Waals surface area (Å²) in [4.78, 5) is 11.4. The highest BCUT2D eigenvalue weighted by Gasteiger charge is 2.43. The number of para-hydroxylation sites is 1. The van der Waals surface area contributed by atoms with E-state index in [4.69, 9.17) is 16.2 Å². The molecule has 0 heterocycles. The van der Waals surface area contributed by atoms with Gasteiger partial charge in [0.2, 0.25) is 5.91 Å². The molecule has 5 heteroatoms. The Morgan fingerprint density at radius 2 is 2.21 bits per heavy atom. The number of halogens is 1. The largest absolute Gasteiger partial charge is 0.491 e. The van der Waals surface area contributed by atoms with Crippen LogP contribution < -0.4 is 16.2 Å². The van der Waals surface area contributed by atoms with Gasteiger partial charge in [0.05, 0.1) is 12.1 Å². The van der Waals surface area contributed by atoms with Crippen LogP contribution in [0.5, 0.6) is 5.75 Å². The Bertz CT molecular complexity index is 467. The Balaban J connectivity index is 1.89. The van der Waals surface area contributed by atoms with E-state index in [1.165, 1.54) is 6.07 Å². The molecule has 0 bridgehead atoms. The summed E-state index contributed by atoms with van der Waals surface area (Å²) in [5.74, 6) is -0.609. The van der Waals surface area contributed by atoms with E-state index in [1.807, 2.05) is 0 Å². The molecule has 104 valence electrons. The van der Waals surface area contributed by atoms with Gasteiger partial charge in [0.25, 0.3) is 0 Å². The first-order chi connectivity index (χ1) is 9.04. The van der Waals surface area contributed by atoms with Crippen LogP contribution in [0.1, 0.15) is 25.7 Å². The van der Waals surface area contributed by atoms with Crippen molar-refractivity contribution in [2.24, 2.45) is 17.4 Å². The van der Waals surface area contributed by atoms with E-state index in [9.17, 15) is 9.18 Å². The lowest BCUT2D eigenvalue weighted by Crippen LogP contribution is -2.54. The maximum atomic E-state index is 13.3. The first kappa shape index (κ1) is 13.8. The van der Waals surface area contributed by atoms with Gasteiger partial charge in [-0.3, -0.25) is 4.79 Å². The van der Waals surface area contributed by atoms with Gasteiger partial charge in [-0.25, -0.2) is 4.39 Å². The molecule has 4 nitrogen and oxygen atoms in total. The predicted molar refractivity (Wildman–Crippen MR) is 70.0 cm³/mol. The molecule has 1 aliphatic rings. The number of primary amides is 1. The summed E-state index contributed by atoms with van der Waals surface area (Å²) >= 11 is 0. The summed E-state index contributed by atoms with van der Waals surface area (Å²) in [5.41, 5.74) is 10.5. The third-order valence-electron chi connectivity index (χ3n) is 3.89. The van der Waals surface area contributed by atoms with Crippen LogP contribution in [0, 0.1) is 11.7 Å². The van der Waals surface area contributed by atoms with E-state index in [2.05, 4.69) is 0 Å². The smallest absolute Gasteiger partial charge is 0.237 e. The fourth-order valence-electron chi connectivity index (χ4n) is 2.70. The molecule has 1 aromatic carbocycles. The molecular weight excluding hydrogens is 247 g/mol. The first-order valence-electron chi connectivity index (χ1n) is 6.50. The Morgan fingerprint density at radius 1 is 1.47 bits per heavy atom. The molecular formula is C14H19FN2O2. The van der Waals surface area contributed by atoms with Crippen LogP contribution in [0.2, 0.25) is 0 Å². The average Bonchev–Trinajstić information content (AvgIpc) is 2.75. The molecule has 0 spiro atoms. The van der Waals surface area contributed by atoms with Crippen molar-refractivity contribution in [1.82, 2.24) is 0 Å². The van der Waals surface area contributed by atoms with Gasteiger partial charge >= 0.3 is 0 Å². The zero-order valence-electron chi connectivity index (χ0n) is 10.8. The number of carbonyl (C=O) groups excluding carboxylic acids is 1. The minimum atomic E-state index is -0.932. The standard InChI is InChI=1S/C14H19FN2O2/c15-11-5-1-2-6-12(11)19-9-7-10-4-3-8-14(10,17)13(16)18/h1-2,5-6,10H,3-4,7-9,17H2,(H2,16,18). The van der Waals surface area contributed by atoms with E-state index in [0.29, 0.717) is 19.4 Å². The van der Waals surface area contributed by atoms with Gasteiger partial charge in [-0.05, 0) is 37.3 Å². The van der Waals surface area contributed by atoms with Crippen molar-refractivity contribution < 1.29 is 13.9 Å². The molecule has 0 aliphatic heterocycles. The monoisotopic (exact) mass is 266 g/mol. The minimum Gasteiger partial charge on any atom is -0.491 e. The predicted octanol–water partition coefficient (Wildman–Crippen LogP) is 1.58. The fourth-order valence-corrected chi connectivity index (χ4v) is 2.70. The maximum Gasteiger partial charge on any atom is 0.237 e. The second-order valence-electron chi connectivity index (χ2n) is 5.06. The summed E-state index contributed by atoms with van der Waals surface area (Å²) in [6, 6.07) is 6.25. The molecule has 2 atom stereocenters. The number of carbonyl (C=O) groups is 1. The molecule has 1 saturated carbocycles. The summed E-state index contributed by atoms with van der Waals surface area (Å²) < 4.78 is 18.7. The lowest BCUT2D eigenvalue weighted by molar-refractivity contribution is -0.124. The van der Waals surface area contributed by atoms with E-state index in [-0.39, 0.29) is 17.5 Å². The van der Waals surface area contributed by atoms with Crippen LogP contribution in [-0.4, -0.2) is 18.1 Å². The van der Waals surface area contributed by atoms with Crippen LogP contribution >= 0.6 is 0 Å². The molecule has 0 radical (unpaired) electrons. The Morgan fingerprint density at radius 3 is 2.89 bits per heavy atom. The van der Waals surface area contributed by atoms with Crippen molar-refractivity contribution >= 4 is 5.91 Å². The van der Waals surface area contributed by atoms with Crippen molar-refractivity contribution in [2.45, 2.75) is 31.2 Å². The Hall–Kier alpha value is -1.62. The summed E-state index contributed by atoms with van der Waals surface area (Å²) in [7, 11) is 0. The highest BCUT2D eigenvalue weighted by atomic mass is 19.1. The number of ether oxygens (including phenoxy) is 1. The first-order valence-corrected chi connectivity index (χ1v) is 6.50. The SMILES string of the molecule is NC(=O)C1(N)CCCC1CCOc1ccccc1F. The molecule has 19 heavy (non-hydrogen) atoms. The quantitative estimate of drug-likeness (QED) is 0.849. The van der Waals surface area contributed by atoms with Gasteiger partial charge in [-0.15, -0.1) is 0 Å². The van der Waals surface area contributed by atoms with Crippen LogP contribution in [-0.2, 0) is 4.79 Å². The Kier molecular flexibility index (Phi) is 4.04. The average molecular weight is 266 g/mol. The molecule has 4 N–H and O–H groups in total. The van der Waals surface area contributed by atoms with Gasteiger partial charge < -0.3 is 16.2 Å². The van der Waals surface area contributed by atoms with Gasteiger partial charge in [0.1, 0.15) is 0 Å². The zero-order valence-corrected chi connectivity index (χ0v) is 10.8. The third-order valence-corrected chi connectivity index (χ3v) is 3.89. The molecule has 1 fully saturated rings. The van der Waals surface area contributed by atoms with Gasteiger partial charge in [0.15, 0.2) is 11.6 Å².